The van der Waals surface area contributed by atoms with Crippen LogP contribution in [-0.4, -0.2) is 69.1 Å². The summed E-state index contributed by atoms with van der Waals surface area (Å²) in [7, 11) is -3.01. The highest BCUT2D eigenvalue weighted by Gasteiger charge is 2.44. The van der Waals surface area contributed by atoms with E-state index in [9.17, 15) is 13.2 Å². The Bertz CT molecular complexity index is 418. The first-order valence-electron chi connectivity index (χ1n) is 7.74. The molecule has 1 heterocycles. The van der Waals surface area contributed by atoms with Crippen molar-refractivity contribution < 1.29 is 17.9 Å². The summed E-state index contributed by atoms with van der Waals surface area (Å²) >= 11 is 0. The van der Waals surface area contributed by atoms with Crippen molar-refractivity contribution >= 4 is 15.8 Å². The molecule has 1 N–H and O–H groups in total. The third-order valence-corrected chi connectivity index (χ3v) is 5.78. The molecule has 1 fully saturated rings. The number of hydrogen-bond donors (Lipinski definition) is 1. The number of nitrogens with zero attached hydrogens (tertiary/aromatic N) is 1. The van der Waals surface area contributed by atoms with Gasteiger partial charge in [0.2, 0.25) is 0 Å². The second kappa shape index (κ2) is 8.10. The van der Waals surface area contributed by atoms with Gasteiger partial charge in [0.15, 0.2) is 0 Å². The zero-order chi connectivity index (χ0) is 15.9. The first-order chi connectivity index (χ1) is 9.89. The van der Waals surface area contributed by atoms with Crippen LogP contribution in [0, 0.1) is 0 Å². The van der Waals surface area contributed by atoms with E-state index in [2.05, 4.69) is 24.1 Å². The Hall–Kier alpha value is -0.660. The van der Waals surface area contributed by atoms with E-state index in [0.29, 0.717) is 26.0 Å². The Morgan fingerprint density at radius 1 is 1.19 bits per heavy atom. The molecule has 0 unspecified atom stereocenters. The predicted octanol–water partition coefficient (Wildman–Crippen LogP) is 0.428. The smallest absolute Gasteiger partial charge is 0.326 e. The van der Waals surface area contributed by atoms with Crippen molar-refractivity contribution in [1.29, 1.82) is 0 Å². The number of hydrogen-bond acceptors (Lipinski definition) is 6. The maximum Gasteiger partial charge on any atom is 0.326 e. The van der Waals surface area contributed by atoms with Gasteiger partial charge >= 0.3 is 5.97 Å². The van der Waals surface area contributed by atoms with Crippen molar-refractivity contribution in [1.82, 2.24) is 10.2 Å². The molecule has 0 saturated carbocycles. The van der Waals surface area contributed by atoms with Crippen LogP contribution >= 0.6 is 0 Å². The van der Waals surface area contributed by atoms with Crippen molar-refractivity contribution in [2.24, 2.45) is 0 Å². The first-order valence-corrected chi connectivity index (χ1v) is 9.56. The molecule has 21 heavy (non-hydrogen) atoms. The molecule has 0 aromatic heterocycles. The lowest BCUT2D eigenvalue weighted by atomic mass is 9.92. The van der Waals surface area contributed by atoms with Crippen molar-refractivity contribution in [3.63, 3.8) is 0 Å². The Kier molecular flexibility index (Phi) is 7.09. The molecule has 0 atom stereocenters. The van der Waals surface area contributed by atoms with Crippen LogP contribution in [0.2, 0.25) is 0 Å². The number of esters is 1. The summed E-state index contributed by atoms with van der Waals surface area (Å²) in [5, 5.41) is 3.28. The third kappa shape index (κ3) is 5.23. The minimum absolute atomic E-state index is 0.0457. The van der Waals surface area contributed by atoms with Gasteiger partial charge in [-0.3, -0.25) is 4.79 Å². The van der Waals surface area contributed by atoms with Gasteiger partial charge in [0.25, 0.3) is 0 Å². The van der Waals surface area contributed by atoms with Crippen LogP contribution in [-0.2, 0) is 19.4 Å². The molecule has 0 aliphatic carbocycles. The van der Waals surface area contributed by atoms with Crippen molar-refractivity contribution in [3.8, 4) is 0 Å². The van der Waals surface area contributed by atoms with E-state index >= 15 is 0 Å². The zero-order valence-electron chi connectivity index (χ0n) is 13.4. The van der Waals surface area contributed by atoms with E-state index in [1.54, 1.807) is 6.92 Å². The summed E-state index contributed by atoms with van der Waals surface area (Å²) in [6.07, 6.45) is 0.596. The maximum absolute atomic E-state index is 12.3. The van der Waals surface area contributed by atoms with E-state index in [1.807, 2.05) is 0 Å². The lowest BCUT2D eigenvalue weighted by Crippen LogP contribution is -2.58. The second-order valence-electron chi connectivity index (χ2n) is 5.41. The minimum Gasteiger partial charge on any atom is -0.465 e. The van der Waals surface area contributed by atoms with Gasteiger partial charge in [-0.2, -0.15) is 0 Å². The van der Waals surface area contributed by atoms with Crippen molar-refractivity contribution in [3.05, 3.63) is 0 Å². The fraction of sp³-hybridized carbons (Fsp3) is 0.929. The van der Waals surface area contributed by atoms with Crippen LogP contribution in [0.15, 0.2) is 0 Å². The Morgan fingerprint density at radius 3 is 2.24 bits per heavy atom. The number of carbonyl (C=O) groups excluding carboxylic acids is 1. The maximum atomic E-state index is 12.3. The number of likely N-dealkylation sites (N-methyl/N-ethyl adjacent to an activating group) is 1. The molecular weight excluding hydrogens is 292 g/mol. The average molecular weight is 320 g/mol. The largest absolute Gasteiger partial charge is 0.465 e. The normalized spacial score (nSPS) is 20.4. The molecule has 0 spiro atoms. The van der Waals surface area contributed by atoms with Crippen LogP contribution in [0.1, 0.15) is 33.6 Å². The molecule has 124 valence electrons. The number of ether oxygens (including phenoxy) is 1. The summed E-state index contributed by atoms with van der Waals surface area (Å²) in [5.74, 6) is -0.229. The Labute approximate surface area is 128 Å². The van der Waals surface area contributed by atoms with Gasteiger partial charge in [-0.05, 0) is 32.9 Å². The average Bonchev–Trinajstić information content (AvgIpc) is 2.46. The predicted molar refractivity (Wildman–Crippen MR) is 83.0 cm³/mol. The lowest BCUT2D eigenvalue weighted by molar-refractivity contribution is -0.151. The van der Waals surface area contributed by atoms with Gasteiger partial charge in [-0.15, -0.1) is 0 Å². The topological polar surface area (TPSA) is 75.7 Å². The standard InChI is InChI=1S/C14H28N2O4S/c1-4-16(5-2)10-9-15-14(13(17)20-6-3)7-11-21(18,19)12-8-14/h15H,4-12H2,1-3H3. The highest BCUT2D eigenvalue weighted by molar-refractivity contribution is 7.91. The third-order valence-electron chi connectivity index (χ3n) is 4.13. The molecule has 7 heteroatoms. The van der Waals surface area contributed by atoms with Gasteiger partial charge in [0.1, 0.15) is 15.4 Å². The highest BCUT2D eigenvalue weighted by Crippen LogP contribution is 2.25. The number of carbonyl (C=O) groups is 1. The summed E-state index contributed by atoms with van der Waals surface area (Å²) < 4.78 is 28.4. The van der Waals surface area contributed by atoms with Gasteiger partial charge in [0.05, 0.1) is 18.1 Å². The van der Waals surface area contributed by atoms with E-state index < -0.39 is 15.4 Å². The van der Waals surface area contributed by atoms with Crippen LogP contribution in [0.25, 0.3) is 0 Å². The number of rotatable bonds is 8. The Balaban J connectivity index is 2.68. The van der Waals surface area contributed by atoms with Crippen LogP contribution in [0.4, 0.5) is 0 Å². The molecule has 1 aliphatic rings. The van der Waals surface area contributed by atoms with Crippen LogP contribution in [0.3, 0.4) is 0 Å². The monoisotopic (exact) mass is 320 g/mol. The summed E-state index contributed by atoms with van der Waals surface area (Å²) in [6, 6.07) is 0. The molecule has 1 saturated heterocycles. The van der Waals surface area contributed by atoms with Gasteiger partial charge in [-0.25, -0.2) is 8.42 Å². The highest BCUT2D eigenvalue weighted by atomic mass is 32.2. The Morgan fingerprint density at radius 2 is 1.76 bits per heavy atom. The van der Waals surface area contributed by atoms with Crippen molar-refractivity contribution in [2.45, 2.75) is 39.2 Å². The fourth-order valence-electron chi connectivity index (χ4n) is 2.60. The van der Waals surface area contributed by atoms with Crippen LogP contribution < -0.4 is 5.32 Å². The van der Waals surface area contributed by atoms with E-state index in [-0.39, 0.29) is 17.5 Å². The minimum atomic E-state index is -3.01. The van der Waals surface area contributed by atoms with E-state index in [1.165, 1.54) is 0 Å². The molecule has 1 rings (SSSR count). The van der Waals surface area contributed by atoms with Crippen molar-refractivity contribution in [2.75, 3.05) is 44.3 Å². The number of sulfone groups is 1. The van der Waals surface area contributed by atoms with Gasteiger partial charge < -0.3 is 15.0 Å². The SMILES string of the molecule is CCOC(=O)C1(NCCN(CC)CC)CCS(=O)(=O)CC1. The molecular formula is C14H28N2O4S. The molecule has 0 aromatic rings. The molecule has 0 aromatic carbocycles. The van der Waals surface area contributed by atoms with Crippen LogP contribution in [0.5, 0.6) is 0 Å². The van der Waals surface area contributed by atoms with Gasteiger partial charge in [-0.1, -0.05) is 13.8 Å². The molecule has 6 nitrogen and oxygen atoms in total. The molecule has 0 amide bonds. The number of nitrogens with one attached hydrogen (secondary N) is 1. The van der Waals surface area contributed by atoms with E-state index in [4.69, 9.17) is 4.74 Å². The first kappa shape index (κ1) is 18.4. The molecule has 1 aliphatic heterocycles. The quantitative estimate of drug-likeness (QED) is 0.654. The zero-order valence-corrected chi connectivity index (χ0v) is 14.2. The summed E-state index contributed by atoms with van der Waals surface area (Å²) in [6.45, 7) is 9.67. The van der Waals surface area contributed by atoms with Gasteiger partial charge in [0, 0.05) is 13.1 Å². The summed E-state index contributed by atoms with van der Waals surface area (Å²) in [5.41, 5.74) is -0.839. The second-order valence-corrected chi connectivity index (χ2v) is 7.71. The summed E-state index contributed by atoms with van der Waals surface area (Å²) in [4.78, 5) is 14.5. The fourth-order valence-corrected chi connectivity index (χ4v) is 4.13. The lowest BCUT2D eigenvalue weighted by Gasteiger charge is -2.36. The molecule has 0 bridgehead atoms. The van der Waals surface area contributed by atoms with E-state index in [0.717, 1.165) is 19.6 Å². The molecule has 0 radical (unpaired) electrons.